The minimum atomic E-state index is -0.390. The van der Waals surface area contributed by atoms with Gasteiger partial charge in [-0.15, -0.1) is 0 Å². The third-order valence-corrected chi connectivity index (χ3v) is 3.85. The van der Waals surface area contributed by atoms with Crippen LogP contribution in [0.1, 0.15) is 23.5 Å². The molecule has 128 valence electrons. The van der Waals surface area contributed by atoms with Gasteiger partial charge < -0.3 is 4.98 Å². The van der Waals surface area contributed by atoms with Crippen molar-refractivity contribution in [3.05, 3.63) is 68.4 Å². The Balaban J connectivity index is 1.75. The zero-order valence-electron chi connectivity index (χ0n) is 13.9. The highest BCUT2D eigenvalue weighted by atomic mass is 16.2. The van der Waals surface area contributed by atoms with Crippen LogP contribution in [0.2, 0.25) is 0 Å². The molecule has 0 aliphatic heterocycles. The van der Waals surface area contributed by atoms with Crippen LogP contribution in [0.3, 0.4) is 0 Å². The van der Waals surface area contributed by atoms with Crippen molar-refractivity contribution >= 4 is 16.8 Å². The van der Waals surface area contributed by atoms with Crippen LogP contribution in [0.5, 0.6) is 0 Å². The maximum Gasteiger partial charge on any atom is 0.280 e. The molecule has 0 spiro atoms. The highest BCUT2D eigenvalue weighted by Gasteiger charge is 2.11. The van der Waals surface area contributed by atoms with E-state index in [1.54, 1.807) is 38.1 Å². The number of amides is 1. The van der Waals surface area contributed by atoms with Crippen LogP contribution in [0.15, 0.2) is 40.2 Å². The Hall–Kier alpha value is -3.29. The van der Waals surface area contributed by atoms with Gasteiger partial charge in [0.05, 0.1) is 10.9 Å². The van der Waals surface area contributed by atoms with Gasteiger partial charge in [0, 0.05) is 17.7 Å². The van der Waals surface area contributed by atoms with Crippen molar-refractivity contribution in [2.75, 3.05) is 5.43 Å². The molecule has 1 aromatic carbocycles. The molecule has 2 N–H and O–H groups in total. The van der Waals surface area contributed by atoms with Gasteiger partial charge >= 0.3 is 0 Å². The lowest BCUT2D eigenvalue weighted by Crippen LogP contribution is -2.33. The Bertz CT molecular complexity index is 1070. The van der Waals surface area contributed by atoms with Gasteiger partial charge in [0.2, 0.25) is 5.91 Å². The van der Waals surface area contributed by atoms with E-state index >= 15 is 0 Å². The highest BCUT2D eigenvalue weighted by molar-refractivity contribution is 5.84. The van der Waals surface area contributed by atoms with E-state index in [9.17, 15) is 14.4 Å². The van der Waals surface area contributed by atoms with Crippen molar-refractivity contribution in [1.29, 1.82) is 0 Å². The van der Waals surface area contributed by atoms with Crippen molar-refractivity contribution < 1.29 is 4.79 Å². The second-order valence-corrected chi connectivity index (χ2v) is 5.69. The van der Waals surface area contributed by atoms with E-state index < -0.39 is 5.91 Å². The zero-order valence-corrected chi connectivity index (χ0v) is 13.9. The SMILES string of the molecule is Cc1nc(C)c(CCC(=O)Nn2cnc3ccccc3c2=O)c(=O)[nH]1. The molecule has 1 amide bonds. The lowest BCUT2D eigenvalue weighted by atomic mass is 10.1. The van der Waals surface area contributed by atoms with E-state index in [0.29, 0.717) is 28.0 Å². The summed E-state index contributed by atoms with van der Waals surface area (Å²) >= 11 is 0. The Kier molecular flexibility index (Phi) is 4.42. The van der Waals surface area contributed by atoms with Crippen LogP contribution >= 0.6 is 0 Å². The summed E-state index contributed by atoms with van der Waals surface area (Å²) in [6.45, 7) is 3.43. The summed E-state index contributed by atoms with van der Waals surface area (Å²) in [4.78, 5) is 47.3. The van der Waals surface area contributed by atoms with Crippen molar-refractivity contribution in [2.24, 2.45) is 0 Å². The van der Waals surface area contributed by atoms with Gasteiger partial charge in [-0.2, -0.15) is 0 Å². The van der Waals surface area contributed by atoms with E-state index in [1.165, 1.54) is 6.33 Å². The number of H-pyrrole nitrogens is 1. The first-order chi connectivity index (χ1) is 12.0. The topological polar surface area (TPSA) is 110 Å². The van der Waals surface area contributed by atoms with Gasteiger partial charge in [0.25, 0.3) is 11.1 Å². The number of fused-ring (bicyclic) bond motifs is 1. The van der Waals surface area contributed by atoms with Crippen LogP contribution in [-0.4, -0.2) is 25.5 Å². The molecular formula is C17H17N5O3. The second-order valence-electron chi connectivity index (χ2n) is 5.69. The normalized spacial score (nSPS) is 10.8. The molecular weight excluding hydrogens is 322 g/mol. The Morgan fingerprint density at radius 2 is 2.00 bits per heavy atom. The molecule has 0 aliphatic rings. The number of benzene rings is 1. The number of hydrogen-bond donors (Lipinski definition) is 2. The summed E-state index contributed by atoms with van der Waals surface area (Å²) in [6, 6.07) is 6.89. The summed E-state index contributed by atoms with van der Waals surface area (Å²) in [5.74, 6) is 0.142. The predicted molar refractivity (Wildman–Crippen MR) is 93.0 cm³/mol. The average molecular weight is 339 g/mol. The van der Waals surface area contributed by atoms with E-state index in [0.717, 1.165) is 4.68 Å². The third-order valence-electron chi connectivity index (χ3n) is 3.85. The molecule has 25 heavy (non-hydrogen) atoms. The van der Waals surface area contributed by atoms with E-state index in [2.05, 4.69) is 20.4 Å². The van der Waals surface area contributed by atoms with Crippen LogP contribution in [0.4, 0.5) is 0 Å². The molecule has 0 atom stereocenters. The van der Waals surface area contributed by atoms with Crippen LogP contribution in [0.25, 0.3) is 10.9 Å². The molecule has 2 heterocycles. The Labute approximate surface area is 142 Å². The first-order valence-corrected chi connectivity index (χ1v) is 7.78. The monoisotopic (exact) mass is 339 g/mol. The van der Waals surface area contributed by atoms with E-state index in [1.807, 2.05) is 0 Å². The quantitative estimate of drug-likeness (QED) is 0.730. The average Bonchev–Trinajstić information content (AvgIpc) is 2.56. The molecule has 0 bridgehead atoms. The number of aryl methyl sites for hydroxylation is 2. The number of nitrogens with zero attached hydrogens (tertiary/aromatic N) is 3. The number of aromatic nitrogens is 4. The van der Waals surface area contributed by atoms with Gasteiger partial charge in [-0.1, -0.05) is 12.1 Å². The number of aromatic amines is 1. The maximum atomic E-state index is 12.3. The first-order valence-electron chi connectivity index (χ1n) is 7.78. The Morgan fingerprint density at radius 3 is 2.76 bits per heavy atom. The number of carbonyl (C=O) groups is 1. The van der Waals surface area contributed by atoms with E-state index in [-0.39, 0.29) is 24.0 Å². The summed E-state index contributed by atoms with van der Waals surface area (Å²) in [5, 5.41) is 0.417. The number of carbonyl (C=O) groups excluding carboxylic acids is 1. The summed E-state index contributed by atoms with van der Waals surface area (Å²) in [6.07, 6.45) is 1.55. The van der Waals surface area contributed by atoms with Gasteiger partial charge in [0.1, 0.15) is 12.2 Å². The molecule has 0 radical (unpaired) electrons. The fourth-order valence-electron chi connectivity index (χ4n) is 2.62. The molecule has 0 saturated carbocycles. The van der Waals surface area contributed by atoms with Crippen molar-refractivity contribution in [3.63, 3.8) is 0 Å². The van der Waals surface area contributed by atoms with Gasteiger partial charge in [0.15, 0.2) is 0 Å². The zero-order chi connectivity index (χ0) is 18.0. The highest BCUT2D eigenvalue weighted by Crippen LogP contribution is 2.05. The van der Waals surface area contributed by atoms with Crippen molar-refractivity contribution in [3.8, 4) is 0 Å². The molecule has 8 nitrogen and oxygen atoms in total. The predicted octanol–water partition coefficient (Wildman–Crippen LogP) is 0.800. The first kappa shape index (κ1) is 16.6. The van der Waals surface area contributed by atoms with Crippen LogP contribution in [0, 0.1) is 13.8 Å². The minimum absolute atomic E-state index is 0.0495. The van der Waals surface area contributed by atoms with Crippen molar-refractivity contribution in [1.82, 2.24) is 19.6 Å². The largest absolute Gasteiger partial charge is 0.311 e. The molecule has 0 aliphatic carbocycles. The van der Waals surface area contributed by atoms with Gasteiger partial charge in [-0.25, -0.2) is 14.6 Å². The fourth-order valence-corrected chi connectivity index (χ4v) is 2.62. The molecule has 0 unspecified atom stereocenters. The molecule has 0 saturated heterocycles. The number of nitrogens with one attached hydrogen (secondary N) is 2. The number of hydrogen-bond acceptors (Lipinski definition) is 5. The lowest BCUT2D eigenvalue weighted by molar-refractivity contribution is -0.117. The maximum absolute atomic E-state index is 12.3. The number of para-hydroxylation sites is 1. The standard InChI is InChI=1S/C17H17N5O3/c1-10-12(16(24)20-11(2)19-10)7-8-15(23)21-22-9-18-14-6-4-3-5-13(14)17(22)25/h3-6,9H,7-8H2,1-2H3,(H,21,23)(H,19,20,24). The number of rotatable bonds is 4. The molecule has 0 fully saturated rings. The molecule has 3 aromatic rings. The minimum Gasteiger partial charge on any atom is -0.311 e. The summed E-state index contributed by atoms with van der Waals surface area (Å²) in [5.41, 5.74) is 3.51. The van der Waals surface area contributed by atoms with Gasteiger partial charge in [-0.3, -0.25) is 19.8 Å². The second kappa shape index (κ2) is 6.68. The van der Waals surface area contributed by atoms with Crippen LogP contribution < -0.4 is 16.5 Å². The smallest absolute Gasteiger partial charge is 0.280 e. The van der Waals surface area contributed by atoms with E-state index in [4.69, 9.17) is 0 Å². The molecule has 3 rings (SSSR count). The fraction of sp³-hybridized carbons (Fsp3) is 0.235. The van der Waals surface area contributed by atoms with Crippen molar-refractivity contribution in [2.45, 2.75) is 26.7 Å². The van der Waals surface area contributed by atoms with Gasteiger partial charge in [-0.05, 0) is 32.4 Å². The Morgan fingerprint density at radius 1 is 1.24 bits per heavy atom. The summed E-state index contributed by atoms with van der Waals surface area (Å²) < 4.78 is 1.05. The molecule has 8 heteroatoms. The summed E-state index contributed by atoms with van der Waals surface area (Å²) in [7, 11) is 0. The molecule has 2 aromatic heterocycles. The third kappa shape index (κ3) is 3.47. The lowest BCUT2D eigenvalue weighted by Gasteiger charge is -2.09. The van der Waals surface area contributed by atoms with Crippen LogP contribution in [-0.2, 0) is 11.2 Å².